The minimum absolute atomic E-state index is 0.00184. The molecule has 0 fully saturated rings. The number of benzene rings is 2. The molecule has 0 spiro atoms. The second-order valence-electron chi connectivity index (χ2n) is 8.71. The van der Waals surface area contributed by atoms with Crippen molar-refractivity contribution in [2.45, 2.75) is 39.8 Å². The first-order valence-electron chi connectivity index (χ1n) is 11.1. The van der Waals surface area contributed by atoms with Gasteiger partial charge in [-0.1, -0.05) is 6.07 Å². The zero-order valence-corrected chi connectivity index (χ0v) is 18.9. The SMILES string of the molecule is Cc1cc(-c2nc(Nc3ccc4c(c3)CCNC4)ncc2F)cc2c1OCC(=O)N2C(C)C. The number of aryl methyl sites for hydroxylation is 1. The highest BCUT2D eigenvalue weighted by Gasteiger charge is 2.30. The second-order valence-corrected chi connectivity index (χ2v) is 8.71. The van der Waals surface area contributed by atoms with Gasteiger partial charge in [-0.15, -0.1) is 0 Å². The van der Waals surface area contributed by atoms with E-state index in [0.29, 0.717) is 22.9 Å². The van der Waals surface area contributed by atoms with Crippen LogP contribution >= 0.6 is 0 Å². The molecule has 0 unspecified atom stereocenters. The van der Waals surface area contributed by atoms with Crippen LogP contribution in [-0.2, 0) is 17.8 Å². The van der Waals surface area contributed by atoms with Gasteiger partial charge in [-0.3, -0.25) is 4.79 Å². The van der Waals surface area contributed by atoms with E-state index in [1.54, 1.807) is 11.0 Å². The summed E-state index contributed by atoms with van der Waals surface area (Å²) in [5, 5.41) is 6.56. The van der Waals surface area contributed by atoms with Gasteiger partial charge in [0, 0.05) is 23.8 Å². The zero-order chi connectivity index (χ0) is 23.1. The van der Waals surface area contributed by atoms with E-state index in [9.17, 15) is 9.18 Å². The number of nitrogens with one attached hydrogen (secondary N) is 2. The molecule has 0 aliphatic carbocycles. The molecular weight excluding hydrogens is 421 g/mol. The van der Waals surface area contributed by atoms with E-state index in [4.69, 9.17) is 4.74 Å². The lowest BCUT2D eigenvalue weighted by molar-refractivity contribution is -0.121. The van der Waals surface area contributed by atoms with Gasteiger partial charge in [-0.05, 0) is 74.7 Å². The fraction of sp³-hybridized carbons (Fsp3) is 0.320. The first-order valence-corrected chi connectivity index (χ1v) is 11.1. The van der Waals surface area contributed by atoms with Crippen LogP contribution in [0.3, 0.4) is 0 Å². The maximum absolute atomic E-state index is 14.8. The summed E-state index contributed by atoms with van der Waals surface area (Å²) in [6, 6.07) is 9.69. The van der Waals surface area contributed by atoms with Gasteiger partial charge in [-0.25, -0.2) is 14.4 Å². The Hall–Kier alpha value is -3.52. The quantitative estimate of drug-likeness (QED) is 0.627. The van der Waals surface area contributed by atoms with E-state index in [2.05, 4.69) is 32.7 Å². The molecule has 2 aliphatic rings. The highest BCUT2D eigenvalue weighted by Crippen LogP contribution is 2.40. The van der Waals surface area contributed by atoms with Crippen molar-refractivity contribution in [1.82, 2.24) is 15.3 Å². The van der Waals surface area contributed by atoms with Crippen LogP contribution < -0.4 is 20.3 Å². The molecule has 3 heterocycles. The number of hydrogen-bond acceptors (Lipinski definition) is 6. The van der Waals surface area contributed by atoms with E-state index >= 15 is 0 Å². The maximum atomic E-state index is 14.8. The molecule has 170 valence electrons. The van der Waals surface area contributed by atoms with Gasteiger partial charge in [-0.2, -0.15) is 0 Å². The number of ether oxygens (including phenoxy) is 1. The Morgan fingerprint density at radius 3 is 2.88 bits per heavy atom. The molecule has 0 radical (unpaired) electrons. The summed E-state index contributed by atoms with van der Waals surface area (Å²) in [5.41, 5.74) is 5.61. The summed E-state index contributed by atoms with van der Waals surface area (Å²) in [6.07, 6.45) is 2.13. The minimum Gasteiger partial charge on any atom is -0.481 e. The van der Waals surface area contributed by atoms with Crippen molar-refractivity contribution in [1.29, 1.82) is 0 Å². The lowest BCUT2D eigenvalue weighted by Crippen LogP contribution is -2.43. The number of rotatable bonds is 4. The third kappa shape index (κ3) is 4.02. The molecule has 0 saturated heterocycles. The number of carbonyl (C=O) groups is 1. The first-order chi connectivity index (χ1) is 15.9. The highest BCUT2D eigenvalue weighted by molar-refractivity contribution is 5.99. The lowest BCUT2D eigenvalue weighted by atomic mass is 10.0. The largest absolute Gasteiger partial charge is 0.481 e. The van der Waals surface area contributed by atoms with Gasteiger partial charge in [0.1, 0.15) is 11.4 Å². The molecule has 2 aliphatic heterocycles. The molecule has 0 bridgehead atoms. The van der Waals surface area contributed by atoms with Gasteiger partial charge in [0.05, 0.1) is 11.9 Å². The Bertz CT molecular complexity index is 1240. The number of halogens is 1. The monoisotopic (exact) mass is 447 g/mol. The van der Waals surface area contributed by atoms with E-state index < -0.39 is 5.82 Å². The molecule has 2 aromatic carbocycles. The summed E-state index contributed by atoms with van der Waals surface area (Å²) in [4.78, 5) is 22.8. The van der Waals surface area contributed by atoms with E-state index in [-0.39, 0.29) is 24.2 Å². The van der Waals surface area contributed by atoms with Gasteiger partial charge in [0.15, 0.2) is 12.4 Å². The number of hydrogen-bond donors (Lipinski definition) is 2. The molecule has 8 heteroatoms. The zero-order valence-electron chi connectivity index (χ0n) is 18.9. The van der Waals surface area contributed by atoms with Crippen LogP contribution in [0.2, 0.25) is 0 Å². The van der Waals surface area contributed by atoms with Crippen molar-refractivity contribution < 1.29 is 13.9 Å². The van der Waals surface area contributed by atoms with Crippen molar-refractivity contribution in [2.24, 2.45) is 0 Å². The number of aromatic nitrogens is 2. The smallest absolute Gasteiger partial charge is 0.265 e. The van der Waals surface area contributed by atoms with E-state index in [0.717, 1.165) is 30.8 Å². The van der Waals surface area contributed by atoms with Crippen LogP contribution in [-0.4, -0.2) is 35.1 Å². The Kier molecular flexibility index (Phi) is 5.46. The normalized spacial score (nSPS) is 15.2. The van der Waals surface area contributed by atoms with Gasteiger partial charge in [0.2, 0.25) is 5.95 Å². The number of fused-ring (bicyclic) bond motifs is 2. The molecule has 2 N–H and O–H groups in total. The molecule has 3 aromatic rings. The molecular formula is C25H26FN5O2. The van der Waals surface area contributed by atoms with Gasteiger partial charge < -0.3 is 20.3 Å². The van der Waals surface area contributed by atoms with Crippen molar-refractivity contribution >= 4 is 23.2 Å². The Labute approximate surface area is 192 Å². The van der Waals surface area contributed by atoms with Crippen LogP contribution in [0.1, 0.15) is 30.5 Å². The number of carbonyl (C=O) groups excluding carboxylic acids is 1. The maximum Gasteiger partial charge on any atom is 0.265 e. The third-order valence-electron chi connectivity index (χ3n) is 6.01. The number of anilines is 3. The average molecular weight is 448 g/mol. The highest BCUT2D eigenvalue weighted by atomic mass is 19.1. The topological polar surface area (TPSA) is 79.4 Å². The molecule has 7 nitrogen and oxygen atoms in total. The van der Waals surface area contributed by atoms with E-state index in [1.807, 2.05) is 32.9 Å². The van der Waals surface area contributed by atoms with Gasteiger partial charge in [0.25, 0.3) is 5.91 Å². The lowest BCUT2D eigenvalue weighted by Gasteiger charge is -2.33. The number of nitrogens with zero attached hydrogens (tertiary/aromatic N) is 3. The Morgan fingerprint density at radius 2 is 2.06 bits per heavy atom. The Morgan fingerprint density at radius 1 is 1.21 bits per heavy atom. The third-order valence-corrected chi connectivity index (χ3v) is 6.01. The summed E-state index contributed by atoms with van der Waals surface area (Å²) < 4.78 is 20.5. The number of amides is 1. The Balaban J connectivity index is 1.51. The van der Waals surface area contributed by atoms with Crippen LogP contribution in [0.5, 0.6) is 5.75 Å². The van der Waals surface area contributed by atoms with Crippen molar-refractivity contribution in [3.63, 3.8) is 0 Å². The predicted molar refractivity (Wildman–Crippen MR) is 125 cm³/mol. The molecule has 0 atom stereocenters. The van der Waals surface area contributed by atoms with Crippen LogP contribution in [0, 0.1) is 12.7 Å². The summed E-state index contributed by atoms with van der Waals surface area (Å²) >= 11 is 0. The molecule has 1 aromatic heterocycles. The minimum atomic E-state index is -0.532. The predicted octanol–water partition coefficient (Wildman–Crippen LogP) is 4.11. The molecule has 5 rings (SSSR count). The fourth-order valence-corrected chi connectivity index (χ4v) is 4.48. The van der Waals surface area contributed by atoms with Crippen molar-refractivity contribution in [3.05, 3.63) is 59.0 Å². The van der Waals surface area contributed by atoms with Crippen LogP contribution in [0.15, 0.2) is 36.5 Å². The second kappa shape index (κ2) is 8.44. The molecule has 1 amide bonds. The fourth-order valence-electron chi connectivity index (χ4n) is 4.48. The van der Waals surface area contributed by atoms with Gasteiger partial charge >= 0.3 is 0 Å². The van der Waals surface area contributed by atoms with Crippen molar-refractivity contribution in [3.8, 4) is 17.0 Å². The summed E-state index contributed by atoms with van der Waals surface area (Å²) in [6.45, 7) is 7.58. The van der Waals surface area contributed by atoms with Crippen LogP contribution in [0.4, 0.5) is 21.7 Å². The summed E-state index contributed by atoms with van der Waals surface area (Å²) in [7, 11) is 0. The standard InChI is InChI=1S/C25H26FN5O2/c1-14(2)31-21-10-18(8-15(3)24(21)33-13-22(31)32)23-20(26)12-28-25(30-23)29-19-5-4-17-11-27-7-6-16(17)9-19/h4-5,8-10,12,14,27H,6-7,11,13H2,1-3H3,(H,28,29,30). The molecule has 33 heavy (non-hydrogen) atoms. The summed E-state index contributed by atoms with van der Waals surface area (Å²) in [5.74, 6) is 0.296. The average Bonchev–Trinajstić information content (AvgIpc) is 2.79. The van der Waals surface area contributed by atoms with Crippen LogP contribution in [0.25, 0.3) is 11.3 Å². The van der Waals surface area contributed by atoms with Crippen molar-refractivity contribution in [2.75, 3.05) is 23.4 Å². The van der Waals surface area contributed by atoms with E-state index in [1.165, 1.54) is 17.3 Å². The first kappa shape index (κ1) is 21.3. The molecule has 0 saturated carbocycles.